The molecule has 0 N–H and O–H groups in total. The lowest BCUT2D eigenvalue weighted by Gasteiger charge is -2.31. The Morgan fingerprint density at radius 2 is 1.83 bits per heavy atom. The van der Waals surface area contributed by atoms with Crippen LogP contribution in [-0.2, 0) is 17.8 Å². The molecule has 1 fully saturated rings. The van der Waals surface area contributed by atoms with Crippen molar-refractivity contribution in [1.29, 1.82) is 0 Å². The number of carbonyl (C=O) groups is 1. The van der Waals surface area contributed by atoms with Crippen LogP contribution in [0.25, 0.3) is 5.69 Å². The highest BCUT2D eigenvalue weighted by atomic mass is 32.2. The van der Waals surface area contributed by atoms with Gasteiger partial charge in [-0.3, -0.25) is 14.2 Å². The van der Waals surface area contributed by atoms with Crippen LogP contribution in [-0.4, -0.2) is 45.7 Å². The molecule has 0 radical (unpaired) electrons. The second-order valence-electron chi connectivity index (χ2n) is 9.27. The summed E-state index contributed by atoms with van der Waals surface area (Å²) in [5.41, 5.74) is 1.75. The molecule has 3 aromatic rings. The molecule has 2 aliphatic rings. The summed E-state index contributed by atoms with van der Waals surface area (Å²) in [4.78, 5) is 34.7. The zero-order valence-electron chi connectivity index (χ0n) is 20.1. The Morgan fingerprint density at radius 3 is 2.50 bits per heavy atom. The van der Waals surface area contributed by atoms with Gasteiger partial charge in [0.2, 0.25) is 5.91 Å². The lowest BCUT2D eigenvalue weighted by molar-refractivity contribution is -0.131. The molecule has 36 heavy (non-hydrogen) atoms. The van der Waals surface area contributed by atoms with E-state index in [1.165, 1.54) is 29.5 Å². The van der Waals surface area contributed by atoms with Crippen LogP contribution in [0, 0.1) is 11.6 Å². The molecular formula is C27H28F2N4O2S. The van der Waals surface area contributed by atoms with E-state index in [4.69, 9.17) is 4.98 Å². The Hall–Kier alpha value is -3.20. The Balaban J connectivity index is 1.35. The average Bonchev–Trinajstić information content (AvgIpc) is 2.85. The SMILES string of the molecule is CN(CCC(=O)N1CCc2nc(SC3CCC3)n(-c3ccccc3)c(=O)c2C1)c1c(F)cccc1F. The van der Waals surface area contributed by atoms with Gasteiger partial charge in [-0.05, 0) is 37.1 Å². The number of thioether (sulfide) groups is 1. The summed E-state index contributed by atoms with van der Waals surface area (Å²) in [6.45, 7) is 0.793. The molecule has 188 valence electrons. The first-order valence-electron chi connectivity index (χ1n) is 12.2. The van der Waals surface area contributed by atoms with Crippen molar-refractivity contribution in [1.82, 2.24) is 14.5 Å². The summed E-state index contributed by atoms with van der Waals surface area (Å²) in [5.74, 6) is -1.50. The molecule has 0 saturated heterocycles. The summed E-state index contributed by atoms with van der Waals surface area (Å²) in [6, 6.07) is 13.2. The van der Waals surface area contributed by atoms with Gasteiger partial charge in [-0.15, -0.1) is 0 Å². The summed E-state index contributed by atoms with van der Waals surface area (Å²) in [5, 5.41) is 1.19. The first-order chi connectivity index (χ1) is 17.4. The molecule has 2 heterocycles. The number of halogens is 2. The van der Waals surface area contributed by atoms with Gasteiger partial charge in [-0.2, -0.15) is 0 Å². The number of benzene rings is 2. The Morgan fingerprint density at radius 1 is 1.11 bits per heavy atom. The van der Waals surface area contributed by atoms with Crippen molar-refractivity contribution in [3.63, 3.8) is 0 Å². The first-order valence-corrected chi connectivity index (χ1v) is 13.1. The third-order valence-electron chi connectivity index (χ3n) is 6.87. The number of rotatable bonds is 7. The van der Waals surface area contributed by atoms with Crippen molar-refractivity contribution in [2.24, 2.45) is 0 Å². The fourth-order valence-electron chi connectivity index (χ4n) is 4.58. The third-order valence-corrected chi connectivity index (χ3v) is 8.16. The highest BCUT2D eigenvalue weighted by molar-refractivity contribution is 7.99. The van der Waals surface area contributed by atoms with Crippen LogP contribution in [0.2, 0.25) is 0 Å². The molecule has 9 heteroatoms. The highest BCUT2D eigenvalue weighted by Gasteiger charge is 2.29. The smallest absolute Gasteiger partial charge is 0.264 e. The minimum atomic E-state index is -0.667. The number of anilines is 1. The van der Waals surface area contributed by atoms with Gasteiger partial charge in [0.25, 0.3) is 5.56 Å². The molecule has 1 aromatic heterocycles. The standard InChI is InChI=1S/C27H28F2N4O2S/c1-31(25-21(28)11-6-12-22(25)29)15-14-24(34)32-16-13-23-20(17-32)26(35)33(18-7-3-2-4-8-18)27(30-23)36-19-9-5-10-19/h2-4,6-8,11-12,19H,5,9-10,13-17H2,1H3. The monoisotopic (exact) mass is 510 g/mol. The van der Waals surface area contributed by atoms with Gasteiger partial charge in [-0.1, -0.05) is 42.4 Å². The molecule has 0 bridgehead atoms. The van der Waals surface area contributed by atoms with E-state index >= 15 is 0 Å². The van der Waals surface area contributed by atoms with Crippen LogP contribution in [0.3, 0.4) is 0 Å². The second-order valence-corrected chi connectivity index (χ2v) is 10.5. The number of aromatic nitrogens is 2. The summed E-state index contributed by atoms with van der Waals surface area (Å²) in [7, 11) is 1.56. The van der Waals surface area contributed by atoms with E-state index in [9.17, 15) is 18.4 Å². The maximum Gasteiger partial charge on any atom is 0.264 e. The van der Waals surface area contributed by atoms with E-state index in [0.717, 1.165) is 24.2 Å². The zero-order chi connectivity index (χ0) is 25.2. The van der Waals surface area contributed by atoms with E-state index in [2.05, 4.69) is 0 Å². The molecule has 1 amide bonds. The van der Waals surface area contributed by atoms with E-state index in [0.29, 0.717) is 28.9 Å². The molecule has 0 spiro atoms. The molecule has 1 aliphatic carbocycles. The molecular weight excluding hydrogens is 482 g/mol. The van der Waals surface area contributed by atoms with E-state index in [1.807, 2.05) is 30.3 Å². The molecule has 0 unspecified atom stereocenters. The number of hydrogen-bond acceptors (Lipinski definition) is 5. The number of amides is 1. The van der Waals surface area contributed by atoms with Crippen molar-refractivity contribution in [2.75, 3.05) is 25.0 Å². The lowest BCUT2D eigenvalue weighted by atomic mass is 10.0. The van der Waals surface area contributed by atoms with Gasteiger partial charge >= 0.3 is 0 Å². The van der Waals surface area contributed by atoms with Gasteiger partial charge in [0.15, 0.2) is 5.16 Å². The predicted octanol–water partition coefficient (Wildman–Crippen LogP) is 4.57. The lowest BCUT2D eigenvalue weighted by Crippen LogP contribution is -2.42. The van der Waals surface area contributed by atoms with Crippen molar-refractivity contribution < 1.29 is 13.6 Å². The van der Waals surface area contributed by atoms with Crippen molar-refractivity contribution in [3.8, 4) is 5.69 Å². The molecule has 1 saturated carbocycles. The molecule has 0 atom stereocenters. The van der Waals surface area contributed by atoms with Crippen LogP contribution in [0.5, 0.6) is 0 Å². The normalized spacial score (nSPS) is 15.4. The fourth-order valence-corrected chi connectivity index (χ4v) is 5.90. The largest absolute Gasteiger partial charge is 0.369 e. The third kappa shape index (κ3) is 4.89. The van der Waals surface area contributed by atoms with Gasteiger partial charge in [0.05, 0.1) is 23.5 Å². The Bertz CT molecular complexity index is 1310. The quantitative estimate of drug-likeness (QED) is 0.436. The number of fused-ring (bicyclic) bond motifs is 1. The Kier molecular flexibility index (Phi) is 7.09. The van der Waals surface area contributed by atoms with Crippen LogP contribution in [0.4, 0.5) is 14.5 Å². The Labute approximate surface area is 212 Å². The van der Waals surface area contributed by atoms with E-state index in [1.54, 1.807) is 28.3 Å². The van der Waals surface area contributed by atoms with Gasteiger partial charge in [-0.25, -0.2) is 13.8 Å². The van der Waals surface area contributed by atoms with E-state index < -0.39 is 11.6 Å². The number of para-hydroxylation sites is 2. The summed E-state index contributed by atoms with van der Waals surface area (Å²) >= 11 is 1.66. The molecule has 5 rings (SSSR count). The van der Waals surface area contributed by atoms with E-state index in [-0.39, 0.29) is 36.7 Å². The zero-order valence-corrected chi connectivity index (χ0v) is 20.9. The van der Waals surface area contributed by atoms with Crippen LogP contribution < -0.4 is 10.5 Å². The van der Waals surface area contributed by atoms with Crippen molar-refractivity contribution in [3.05, 3.63) is 81.8 Å². The minimum absolute atomic E-state index is 0.0789. The minimum Gasteiger partial charge on any atom is -0.369 e. The van der Waals surface area contributed by atoms with Crippen molar-refractivity contribution >= 4 is 23.4 Å². The molecule has 1 aliphatic heterocycles. The molecule has 2 aromatic carbocycles. The first kappa shape index (κ1) is 24.5. The summed E-state index contributed by atoms with van der Waals surface area (Å²) < 4.78 is 29.8. The van der Waals surface area contributed by atoms with Gasteiger partial charge < -0.3 is 9.80 Å². The summed E-state index contributed by atoms with van der Waals surface area (Å²) in [6.07, 6.45) is 4.03. The van der Waals surface area contributed by atoms with Crippen molar-refractivity contribution in [2.45, 2.75) is 49.1 Å². The highest BCUT2D eigenvalue weighted by Crippen LogP contribution is 2.36. The fraction of sp³-hybridized carbons (Fsp3) is 0.370. The molecule has 6 nitrogen and oxygen atoms in total. The number of hydrogen-bond donors (Lipinski definition) is 0. The van der Waals surface area contributed by atoms with Crippen LogP contribution >= 0.6 is 11.8 Å². The van der Waals surface area contributed by atoms with Crippen LogP contribution in [0.1, 0.15) is 36.9 Å². The predicted molar refractivity (Wildman–Crippen MR) is 137 cm³/mol. The van der Waals surface area contributed by atoms with Gasteiger partial charge in [0.1, 0.15) is 17.3 Å². The topological polar surface area (TPSA) is 58.4 Å². The average molecular weight is 511 g/mol. The van der Waals surface area contributed by atoms with Crippen LogP contribution in [0.15, 0.2) is 58.5 Å². The maximum absolute atomic E-state index is 14.1. The maximum atomic E-state index is 14.1. The number of carbonyl (C=O) groups excluding carboxylic acids is 1. The second kappa shape index (κ2) is 10.4. The van der Waals surface area contributed by atoms with Gasteiger partial charge in [0, 0.05) is 38.2 Å². The number of nitrogens with zero attached hydrogens (tertiary/aromatic N) is 4.